The van der Waals surface area contributed by atoms with E-state index in [0.29, 0.717) is 6.54 Å². The van der Waals surface area contributed by atoms with E-state index in [-0.39, 0.29) is 11.8 Å². The summed E-state index contributed by atoms with van der Waals surface area (Å²) >= 11 is 2.24. The number of para-hydroxylation sites is 2. The Labute approximate surface area is 165 Å². The van der Waals surface area contributed by atoms with Gasteiger partial charge in [-0.15, -0.1) is 0 Å². The fourth-order valence-corrected chi connectivity index (χ4v) is 3.98. The van der Waals surface area contributed by atoms with Crippen LogP contribution in [0.4, 0.5) is 5.69 Å². The molecule has 1 amide bonds. The maximum absolute atomic E-state index is 12.4. The Morgan fingerprint density at radius 1 is 1.27 bits per heavy atom. The Balaban J connectivity index is 1.39. The van der Waals surface area contributed by atoms with Crippen LogP contribution in [0.5, 0.6) is 0 Å². The van der Waals surface area contributed by atoms with Crippen LogP contribution in [0.3, 0.4) is 0 Å². The molecule has 4 rings (SSSR count). The summed E-state index contributed by atoms with van der Waals surface area (Å²) in [5.74, 6) is 1.04. The number of nitrogens with one attached hydrogen (secondary N) is 1. The summed E-state index contributed by atoms with van der Waals surface area (Å²) in [7, 11) is 0. The number of hydrogen-bond acceptors (Lipinski definition) is 4. The third kappa shape index (κ3) is 4.07. The summed E-state index contributed by atoms with van der Waals surface area (Å²) in [5, 5.41) is 2.98. The van der Waals surface area contributed by atoms with Crippen LogP contribution in [0.25, 0.3) is 11.1 Å². The molecule has 1 aliphatic rings. The number of piperidine rings is 1. The van der Waals surface area contributed by atoms with Crippen LogP contribution in [-0.4, -0.2) is 35.4 Å². The van der Waals surface area contributed by atoms with Gasteiger partial charge < -0.3 is 9.73 Å². The van der Waals surface area contributed by atoms with Gasteiger partial charge in [-0.3, -0.25) is 9.69 Å². The molecule has 1 atom stereocenters. The maximum atomic E-state index is 12.4. The van der Waals surface area contributed by atoms with E-state index in [0.717, 1.165) is 52.2 Å². The van der Waals surface area contributed by atoms with Gasteiger partial charge in [0.25, 0.3) is 0 Å². The Morgan fingerprint density at radius 3 is 3.00 bits per heavy atom. The van der Waals surface area contributed by atoms with Crippen LogP contribution in [-0.2, 0) is 4.79 Å². The van der Waals surface area contributed by atoms with E-state index < -0.39 is 0 Å². The second-order valence-corrected chi connectivity index (χ2v) is 7.90. The number of rotatable bonds is 4. The molecule has 2 aromatic carbocycles. The Bertz CT molecular complexity index is 891. The summed E-state index contributed by atoms with van der Waals surface area (Å²) in [6.45, 7) is 2.12. The lowest BCUT2D eigenvalue weighted by atomic mass is 9.98. The molecule has 0 aliphatic carbocycles. The Morgan fingerprint density at radius 2 is 2.15 bits per heavy atom. The summed E-state index contributed by atoms with van der Waals surface area (Å²) in [4.78, 5) is 19.2. The fraction of sp³-hybridized carbons (Fsp3) is 0.300. The molecule has 6 heteroatoms. The fourth-order valence-electron chi connectivity index (χ4n) is 3.44. The van der Waals surface area contributed by atoms with Gasteiger partial charge in [0.1, 0.15) is 5.52 Å². The van der Waals surface area contributed by atoms with E-state index in [1.165, 1.54) is 0 Å². The number of likely N-dealkylation sites (tertiary alicyclic amines) is 1. The first-order chi connectivity index (χ1) is 12.7. The predicted molar refractivity (Wildman–Crippen MR) is 110 cm³/mol. The minimum atomic E-state index is 0.0187. The lowest BCUT2D eigenvalue weighted by Crippen LogP contribution is -2.39. The zero-order chi connectivity index (χ0) is 17.9. The number of benzene rings is 2. The van der Waals surface area contributed by atoms with Gasteiger partial charge in [-0.25, -0.2) is 4.98 Å². The summed E-state index contributed by atoms with van der Waals surface area (Å²) in [6, 6.07) is 15.7. The summed E-state index contributed by atoms with van der Waals surface area (Å²) < 4.78 is 7.04. The smallest absolute Gasteiger partial charge is 0.238 e. The summed E-state index contributed by atoms with van der Waals surface area (Å²) in [5.41, 5.74) is 2.57. The van der Waals surface area contributed by atoms with Gasteiger partial charge in [0.2, 0.25) is 5.91 Å². The number of oxazole rings is 1. The van der Waals surface area contributed by atoms with Crippen LogP contribution < -0.4 is 5.32 Å². The van der Waals surface area contributed by atoms with Crippen molar-refractivity contribution in [1.82, 2.24) is 9.88 Å². The van der Waals surface area contributed by atoms with E-state index in [1.807, 2.05) is 48.5 Å². The quantitative estimate of drug-likeness (QED) is 0.591. The van der Waals surface area contributed by atoms with E-state index >= 15 is 0 Å². The van der Waals surface area contributed by atoms with Crippen molar-refractivity contribution in [2.24, 2.45) is 0 Å². The molecule has 1 unspecified atom stereocenters. The monoisotopic (exact) mass is 461 g/mol. The summed E-state index contributed by atoms with van der Waals surface area (Å²) in [6.07, 6.45) is 2.09. The van der Waals surface area contributed by atoms with E-state index in [1.54, 1.807) is 0 Å². The number of carbonyl (C=O) groups excluding carboxylic acids is 1. The first-order valence-electron chi connectivity index (χ1n) is 8.80. The third-order valence-corrected chi connectivity index (χ3v) is 5.31. The first-order valence-corrected chi connectivity index (χ1v) is 9.88. The van der Waals surface area contributed by atoms with Crippen LogP contribution in [0.2, 0.25) is 0 Å². The highest BCUT2D eigenvalue weighted by Gasteiger charge is 2.26. The number of nitrogens with zero attached hydrogens (tertiary/aromatic N) is 2. The largest absolute Gasteiger partial charge is 0.440 e. The lowest BCUT2D eigenvalue weighted by molar-refractivity contribution is -0.117. The number of aromatic nitrogens is 1. The highest BCUT2D eigenvalue weighted by molar-refractivity contribution is 14.1. The van der Waals surface area contributed by atoms with Crippen molar-refractivity contribution in [3.05, 3.63) is 58.0 Å². The topological polar surface area (TPSA) is 58.4 Å². The number of amides is 1. The number of halogens is 1. The molecule has 134 valence electrons. The van der Waals surface area contributed by atoms with Crippen molar-refractivity contribution in [2.75, 3.05) is 25.0 Å². The second-order valence-electron chi connectivity index (χ2n) is 6.65. The van der Waals surface area contributed by atoms with Gasteiger partial charge in [0.05, 0.1) is 6.54 Å². The first kappa shape index (κ1) is 17.5. The number of anilines is 1. The normalized spacial score (nSPS) is 18.1. The molecule has 1 N–H and O–H groups in total. The van der Waals surface area contributed by atoms with Gasteiger partial charge in [0.15, 0.2) is 11.5 Å². The molecule has 0 bridgehead atoms. The zero-order valence-electron chi connectivity index (χ0n) is 14.3. The van der Waals surface area contributed by atoms with Crippen LogP contribution in [0, 0.1) is 3.57 Å². The average molecular weight is 461 g/mol. The van der Waals surface area contributed by atoms with E-state index in [9.17, 15) is 4.79 Å². The second kappa shape index (κ2) is 7.75. The lowest BCUT2D eigenvalue weighted by Gasteiger charge is -2.30. The SMILES string of the molecule is O=C(CN1CCCC(c2nc3ccccc3o2)C1)Nc1cccc(I)c1. The molecule has 0 spiro atoms. The van der Waals surface area contributed by atoms with Gasteiger partial charge in [-0.05, 0) is 72.3 Å². The molecule has 1 saturated heterocycles. The Kier molecular flexibility index (Phi) is 5.21. The van der Waals surface area contributed by atoms with Crippen molar-refractivity contribution < 1.29 is 9.21 Å². The van der Waals surface area contributed by atoms with Crippen LogP contribution in [0.1, 0.15) is 24.7 Å². The van der Waals surface area contributed by atoms with Crippen molar-refractivity contribution in [3.63, 3.8) is 0 Å². The molecular weight excluding hydrogens is 441 g/mol. The van der Waals surface area contributed by atoms with Crippen molar-refractivity contribution in [3.8, 4) is 0 Å². The third-order valence-electron chi connectivity index (χ3n) is 4.64. The Hall–Kier alpha value is -1.93. The molecule has 0 saturated carbocycles. The van der Waals surface area contributed by atoms with Crippen molar-refractivity contribution in [1.29, 1.82) is 0 Å². The predicted octanol–water partition coefficient (Wildman–Crippen LogP) is 4.25. The van der Waals surface area contributed by atoms with E-state index in [2.05, 4.69) is 37.8 Å². The molecule has 2 heterocycles. The molecule has 0 radical (unpaired) electrons. The van der Waals surface area contributed by atoms with E-state index in [4.69, 9.17) is 4.42 Å². The molecule has 5 nitrogen and oxygen atoms in total. The maximum Gasteiger partial charge on any atom is 0.238 e. The minimum absolute atomic E-state index is 0.0187. The molecule has 1 aromatic heterocycles. The number of fused-ring (bicyclic) bond motifs is 1. The zero-order valence-corrected chi connectivity index (χ0v) is 16.5. The van der Waals surface area contributed by atoms with Crippen LogP contribution >= 0.6 is 22.6 Å². The molecule has 1 aliphatic heterocycles. The van der Waals surface area contributed by atoms with Gasteiger partial charge in [-0.2, -0.15) is 0 Å². The van der Waals surface area contributed by atoms with Gasteiger partial charge >= 0.3 is 0 Å². The molecule has 26 heavy (non-hydrogen) atoms. The average Bonchev–Trinajstić information content (AvgIpc) is 3.06. The molecule has 3 aromatic rings. The molecule has 1 fully saturated rings. The van der Waals surface area contributed by atoms with Gasteiger partial charge in [-0.1, -0.05) is 18.2 Å². The number of carbonyl (C=O) groups is 1. The van der Waals surface area contributed by atoms with Gasteiger partial charge in [0, 0.05) is 21.7 Å². The highest BCUT2D eigenvalue weighted by Crippen LogP contribution is 2.28. The van der Waals surface area contributed by atoms with Crippen molar-refractivity contribution >= 4 is 45.3 Å². The highest BCUT2D eigenvalue weighted by atomic mass is 127. The molecular formula is C20H20IN3O2. The van der Waals surface area contributed by atoms with Crippen molar-refractivity contribution in [2.45, 2.75) is 18.8 Å². The minimum Gasteiger partial charge on any atom is -0.440 e. The number of hydrogen-bond donors (Lipinski definition) is 1. The standard InChI is InChI=1S/C20H20IN3O2/c21-15-6-3-7-16(11-15)22-19(25)13-24-10-4-5-14(12-24)20-23-17-8-1-2-9-18(17)26-20/h1-3,6-9,11,14H,4-5,10,12-13H2,(H,22,25). The van der Waals surface area contributed by atoms with Crippen LogP contribution in [0.15, 0.2) is 52.9 Å².